The van der Waals surface area contributed by atoms with E-state index in [-0.39, 0.29) is 23.3 Å². The molecule has 1 unspecified atom stereocenters. The lowest BCUT2D eigenvalue weighted by molar-refractivity contribution is -0.145. The van der Waals surface area contributed by atoms with Crippen LogP contribution >= 0.6 is 0 Å². The molecule has 1 aromatic rings. The Hall–Kier alpha value is -2.05. The van der Waals surface area contributed by atoms with E-state index in [1.54, 1.807) is 4.68 Å². The van der Waals surface area contributed by atoms with Crippen LogP contribution in [0.1, 0.15) is 40.0 Å². The third-order valence-corrected chi connectivity index (χ3v) is 5.19. The fraction of sp³-hybridized carbons (Fsp3) is 0.737. The summed E-state index contributed by atoms with van der Waals surface area (Å²) in [4.78, 5) is 31.7. The Bertz CT molecular complexity index is 655. The van der Waals surface area contributed by atoms with Crippen LogP contribution in [0.25, 0.3) is 0 Å². The fourth-order valence-corrected chi connectivity index (χ4v) is 3.84. The van der Waals surface area contributed by atoms with E-state index >= 15 is 0 Å². The molecule has 1 atom stereocenters. The molecule has 7 nitrogen and oxygen atoms in total. The van der Waals surface area contributed by atoms with Gasteiger partial charge in [-0.1, -0.05) is 20.8 Å². The molecule has 7 heteroatoms. The summed E-state index contributed by atoms with van der Waals surface area (Å²) < 4.78 is 1.80. The van der Waals surface area contributed by atoms with Crippen LogP contribution in [0.3, 0.4) is 0 Å². The van der Waals surface area contributed by atoms with Crippen molar-refractivity contribution < 1.29 is 9.59 Å². The highest BCUT2D eigenvalue weighted by atomic mass is 16.2. The van der Waals surface area contributed by atoms with Gasteiger partial charge >= 0.3 is 0 Å². The van der Waals surface area contributed by atoms with Gasteiger partial charge < -0.3 is 14.7 Å². The minimum Gasteiger partial charge on any atom is -0.365 e. The van der Waals surface area contributed by atoms with Crippen molar-refractivity contribution >= 4 is 17.5 Å². The van der Waals surface area contributed by atoms with Crippen LogP contribution in [0.15, 0.2) is 12.4 Å². The molecular formula is C19H31N5O2. The third-order valence-electron chi connectivity index (χ3n) is 5.19. The largest absolute Gasteiger partial charge is 0.365 e. The number of rotatable bonds is 3. The first kappa shape index (κ1) is 18.7. The van der Waals surface area contributed by atoms with Gasteiger partial charge in [-0.05, 0) is 18.3 Å². The molecule has 3 heterocycles. The molecule has 0 spiro atoms. The maximum absolute atomic E-state index is 13.0. The molecule has 0 aliphatic carbocycles. The van der Waals surface area contributed by atoms with Gasteiger partial charge in [0.2, 0.25) is 11.8 Å². The van der Waals surface area contributed by atoms with E-state index in [0.29, 0.717) is 26.1 Å². The Morgan fingerprint density at radius 2 is 1.85 bits per heavy atom. The number of amides is 2. The third kappa shape index (κ3) is 4.19. The normalized spacial score (nSPS) is 21.4. The first-order valence-electron chi connectivity index (χ1n) is 9.56. The first-order chi connectivity index (χ1) is 12.2. The second-order valence-electron chi connectivity index (χ2n) is 8.67. The minimum absolute atomic E-state index is 0.0530. The Morgan fingerprint density at radius 1 is 1.15 bits per heavy atom. The number of aromatic nitrogens is 2. The van der Waals surface area contributed by atoms with Gasteiger partial charge in [0, 0.05) is 52.4 Å². The molecule has 2 aliphatic rings. The van der Waals surface area contributed by atoms with Crippen molar-refractivity contribution in [1.29, 1.82) is 0 Å². The number of hydrogen-bond donors (Lipinski definition) is 0. The van der Waals surface area contributed by atoms with Gasteiger partial charge in [0.15, 0.2) is 0 Å². The summed E-state index contributed by atoms with van der Waals surface area (Å²) >= 11 is 0. The summed E-state index contributed by atoms with van der Waals surface area (Å²) in [6, 6.07) is -0.269. The van der Waals surface area contributed by atoms with Crippen LogP contribution in [-0.2, 0) is 16.6 Å². The lowest BCUT2D eigenvalue weighted by atomic mass is 9.91. The van der Waals surface area contributed by atoms with Gasteiger partial charge in [0.1, 0.15) is 6.04 Å². The van der Waals surface area contributed by atoms with Crippen molar-refractivity contribution in [1.82, 2.24) is 19.6 Å². The van der Waals surface area contributed by atoms with Crippen LogP contribution < -0.4 is 4.90 Å². The molecule has 3 rings (SSSR count). The Balaban J connectivity index is 1.58. The van der Waals surface area contributed by atoms with Gasteiger partial charge in [0.25, 0.3) is 0 Å². The molecule has 144 valence electrons. The molecule has 2 aliphatic heterocycles. The molecule has 1 aromatic heterocycles. The second-order valence-corrected chi connectivity index (χ2v) is 8.67. The lowest BCUT2D eigenvalue weighted by Gasteiger charge is -2.38. The van der Waals surface area contributed by atoms with E-state index in [1.165, 1.54) is 0 Å². The van der Waals surface area contributed by atoms with E-state index in [1.807, 2.05) is 29.2 Å². The number of likely N-dealkylation sites (tertiary alicyclic amines) is 1. The average Bonchev–Trinajstić information content (AvgIpc) is 3.22. The van der Waals surface area contributed by atoms with Crippen LogP contribution in [-0.4, -0.2) is 70.2 Å². The monoisotopic (exact) mass is 361 g/mol. The van der Waals surface area contributed by atoms with Crippen LogP contribution in [0, 0.1) is 5.41 Å². The molecule has 2 amide bonds. The molecule has 2 fully saturated rings. The fourth-order valence-electron chi connectivity index (χ4n) is 3.84. The van der Waals surface area contributed by atoms with Gasteiger partial charge in [-0.15, -0.1) is 0 Å². The van der Waals surface area contributed by atoms with E-state index in [4.69, 9.17) is 0 Å². The molecule has 0 bridgehead atoms. The lowest BCUT2D eigenvalue weighted by Crippen LogP contribution is -2.54. The maximum atomic E-state index is 13.0. The molecular weight excluding hydrogens is 330 g/mol. The second kappa shape index (κ2) is 7.29. The van der Waals surface area contributed by atoms with Gasteiger partial charge in [-0.2, -0.15) is 5.10 Å². The maximum Gasteiger partial charge on any atom is 0.245 e. The summed E-state index contributed by atoms with van der Waals surface area (Å²) in [6.07, 6.45) is 6.06. The van der Waals surface area contributed by atoms with Crippen molar-refractivity contribution in [2.24, 2.45) is 12.5 Å². The number of piperazine rings is 1. The average molecular weight is 361 g/mol. The van der Waals surface area contributed by atoms with Gasteiger partial charge in [0.05, 0.1) is 11.9 Å². The zero-order valence-corrected chi connectivity index (χ0v) is 16.4. The summed E-state index contributed by atoms with van der Waals surface area (Å²) in [5.74, 6) is 0.234. The minimum atomic E-state index is -0.269. The zero-order chi connectivity index (χ0) is 18.9. The van der Waals surface area contributed by atoms with Crippen LogP contribution in [0.2, 0.25) is 0 Å². The molecule has 0 radical (unpaired) electrons. The Kier molecular flexibility index (Phi) is 5.25. The highest BCUT2D eigenvalue weighted by Crippen LogP contribution is 2.26. The molecule has 0 saturated carbocycles. The van der Waals surface area contributed by atoms with E-state index < -0.39 is 0 Å². The molecule has 0 N–H and O–H groups in total. The number of carbonyl (C=O) groups excluding carboxylic acids is 2. The number of nitrogens with zero attached hydrogens (tertiary/aromatic N) is 5. The Morgan fingerprint density at radius 3 is 2.42 bits per heavy atom. The smallest absolute Gasteiger partial charge is 0.245 e. The number of hydrogen-bond acceptors (Lipinski definition) is 4. The van der Waals surface area contributed by atoms with E-state index in [9.17, 15) is 9.59 Å². The van der Waals surface area contributed by atoms with Crippen LogP contribution in [0.5, 0.6) is 0 Å². The molecule has 0 aromatic carbocycles. The van der Waals surface area contributed by atoms with E-state index in [0.717, 1.165) is 31.6 Å². The highest BCUT2D eigenvalue weighted by molar-refractivity contribution is 5.88. The molecule has 26 heavy (non-hydrogen) atoms. The van der Waals surface area contributed by atoms with E-state index in [2.05, 4.69) is 30.8 Å². The topological polar surface area (TPSA) is 61.7 Å². The Labute approximate surface area is 155 Å². The standard InChI is InChI=1S/C19H31N5O2/c1-19(2,3)12-17(25)24-7-5-6-16(24)18(26)23-10-8-22(9-11-23)15-13-20-21(4)14-15/h13-14,16H,5-12H2,1-4H3. The van der Waals surface area contributed by atoms with Crippen molar-refractivity contribution in [3.63, 3.8) is 0 Å². The SMILES string of the molecule is Cn1cc(N2CCN(C(=O)C3CCCN3C(=O)CC(C)(C)C)CC2)cn1. The highest BCUT2D eigenvalue weighted by Gasteiger charge is 2.38. The summed E-state index contributed by atoms with van der Waals surface area (Å²) in [6.45, 7) is 9.92. The predicted octanol–water partition coefficient (Wildman–Crippen LogP) is 1.50. The molecule has 2 saturated heterocycles. The quantitative estimate of drug-likeness (QED) is 0.818. The number of carbonyl (C=O) groups is 2. The van der Waals surface area contributed by atoms with Crippen molar-refractivity contribution in [2.75, 3.05) is 37.6 Å². The van der Waals surface area contributed by atoms with Crippen molar-refractivity contribution in [2.45, 2.75) is 46.1 Å². The summed E-state index contributed by atoms with van der Waals surface area (Å²) in [5.41, 5.74) is 1.05. The first-order valence-corrected chi connectivity index (χ1v) is 9.56. The summed E-state index contributed by atoms with van der Waals surface area (Å²) in [7, 11) is 1.91. The van der Waals surface area contributed by atoms with Gasteiger partial charge in [-0.25, -0.2) is 0 Å². The zero-order valence-electron chi connectivity index (χ0n) is 16.4. The van der Waals surface area contributed by atoms with Crippen molar-refractivity contribution in [3.8, 4) is 0 Å². The van der Waals surface area contributed by atoms with Crippen molar-refractivity contribution in [3.05, 3.63) is 12.4 Å². The predicted molar refractivity (Wildman–Crippen MR) is 101 cm³/mol. The van der Waals surface area contributed by atoms with Gasteiger partial charge in [-0.3, -0.25) is 14.3 Å². The number of aryl methyl sites for hydroxylation is 1. The summed E-state index contributed by atoms with van der Waals surface area (Å²) in [5, 5.41) is 4.22. The van der Waals surface area contributed by atoms with Crippen LogP contribution in [0.4, 0.5) is 5.69 Å². The number of anilines is 1.